The van der Waals surface area contributed by atoms with Crippen molar-refractivity contribution in [2.24, 2.45) is 0 Å². The zero-order valence-corrected chi connectivity index (χ0v) is 12.8. The van der Waals surface area contributed by atoms with E-state index in [0.717, 1.165) is 20.9 Å². The van der Waals surface area contributed by atoms with Gasteiger partial charge in [0.05, 0.1) is 19.3 Å². The second-order valence-corrected chi connectivity index (χ2v) is 6.04. The van der Waals surface area contributed by atoms with Crippen LogP contribution in [0.4, 0.5) is 0 Å². The molecule has 0 aliphatic rings. The molecule has 0 aliphatic heterocycles. The van der Waals surface area contributed by atoms with Gasteiger partial charge in [-0.2, -0.15) is 0 Å². The molecule has 0 amide bonds. The number of benzene rings is 2. The van der Waals surface area contributed by atoms with E-state index in [2.05, 4.69) is 51.7 Å². The zero-order valence-electron chi connectivity index (χ0n) is 11.2. The molecule has 0 spiro atoms. The van der Waals surface area contributed by atoms with E-state index in [-0.39, 0.29) is 6.61 Å². The third kappa shape index (κ3) is 2.24. The summed E-state index contributed by atoms with van der Waals surface area (Å²) in [5, 5.41) is 21.2. The Morgan fingerprint density at radius 3 is 2.45 bits per heavy atom. The predicted octanol–water partition coefficient (Wildman–Crippen LogP) is 3.22. The fourth-order valence-electron chi connectivity index (χ4n) is 2.66. The Morgan fingerprint density at radius 2 is 1.75 bits per heavy atom. The number of hydrogen-bond acceptors (Lipinski definition) is 2. The molecule has 2 aromatic carbocycles. The van der Waals surface area contributed by atoms with Gasteiger partial charge in [0.25, 0.3) is 0 Å². The van der Waals surface area contributed by atoms with Crippen LogP contribution in [0.2, 0.25) is 0 Å². The summed E-state index contributed by atoms with van der Waals surface area (Å²) in [7, 11) is 0. The monoisotopic (exact) mass is 333 g/mol. The summed E-state index contributed by atoms with van der Waals surface area (Å²) >= 11 is 3.51. The lowest BCUT2D eigenvalue weighted by molar-refractivity contribution is 0.0831. The molecule has 0 radical (unpaired) electrons. The van der Waals surface area contributed by atoms with Gasteiger partial charge in [0.15, 0.2) is 0 Å². The molecule has 104 valence electrons. The molecular weight excluding hydrogens is 318 g/mol. The molecule has 20 heavy (non-hydrogen) atoms. The van der Waals surface area contributed by atoms with E-state index < -0.39 is 6.10 Å². The van der Waals surface area contributed by atoms with Crippen molar-refractivity contribution in [3.8, 4) is 0 Å². The lowest BCUT2D eigenvalue weighted by atomic mass is 10.1. The van der Waals surface area contributed by atoms with Gasteiger partial charge in [-0.15, -0.1) is 0 Å². The highest BCUT2D eigenvalue weighted by molar-refractivity contribution is 9.10. The zero-order chi connectivity index (χ0) is 14.3. The Hall–Kier alpha value is -1.36. The SMILES string of the molecule is Cc1ccc2c(c1)c1cc(Br)ccc1n2CC(O)CO. The second kappa shape index (κ2) is 5.20. The van der Waals surface area contributed by atoms with Crippen LogP contribution in [0.1, 0.15) is 5.56 Å². The highest BCUT2D eigenvalue weighted by atomic mass is 79.9. The maximum Gasteiger partial charge on any atom is 0.0949 e. The van der Waals surface area contributed by atoms with Crippen LogP contribution in [-0.2, 0) is 6.54 Å². The molecule has 1 heterocycles. The normalized spacial score (nSPS) is 13.2. The van der Waals surface area contributed by atoms with Gasteiger partial charge in [-0.05, 0) is 37.3 Å². The van der Waals surface area contributed by atoms with Crippen molar-refractivity contribution in [2.45, 2.75) is 19.6 Å². The van der Waals surface area contributed by atoms with Gasteiger partial charge in [0.1, 0.15) is 0 Å². The summed E-state index contributed by atoms with van der Waals surface area (Å²) in [6, 6.07) is 12.4. The number of aliphatic hydroxyl groups is 2. The molecular formula is C16H16BrNO2. The molecule has 0 saturated heterocycles. The smallest absolute Gasteiger partial charge is 0.0949 e. The topological polar surface area (TPSA) is 45.4 Å². The van der Waals surface area contributed by atoms with Crippen LogP contribution >= 0.6 is 15.9 Å². The first-order valence-corrected chi connectivity index (χ1v) is 7.36. The number of halogens is 1. The summed E-state index contributed by atoms with van der Waals surface area (Å²) in [6.07, 6.45) is -0.751. The number of aryl methyl sites for hydroxylation is 1. The van der Waals surface area contributed by atoms with E-state index in [0.29, 0.717) is 6.54 Å². The molecule has 1 atom stereocenters. The molecule has 3 aromatic rings. The maximum absolute atomic E-state index is 9.78. The minimum atomic E-state index is -0.751. The van der Waals surface area contributed by atoms with Gasteiger partial charge < -0.3 is 14.8 Å². The lowest BCUT2D eigenvalue weighted by Gasteiger charge is -2.11. The van der Waals surface area contributed by atoms with Crippen LogP contribution in [0.25, 0.3) is 21.8 Å². The fraction of sp³-hybridized carbons (Fsp3) is 0.250. The minimum Gasteiger partial charge on any atom is -0.394 e. The van der Waals surface area contributed by atoms with Gasteiger partial charge in [-0.25, -0.2) is 0 Å². The third-order valence-electron chi connectivity index (χ3n) is 3.59. The van der Waals surface area contributed by atoms with Gasteiger partial charge in [0.2, 0.25) is 0 Å². The van der Waals surface area contributed by atoms with E-state index in [1.54, 1.807) is 0 Å². The van der Waals surface area contributed by atoms with Crippen LogP contribution in [-0.4, -0.2) is 27.5 Å². The molecule has 0 aliphatic carbocycles. The first-order valence-electron chi connectivity index (χ1n) is 6.57. The largest absolute Gasteiger partial charge is 0.394 e. The maximum atomic E-state index is 9.78. The molecule has 0 fully saturated rings. The van der Waals surface area contributed by atoms with Crippen molar-refractivity contribution in [1.29, 1.82) is 0 Å². The van der Waals surface area contributed by atoms with Gasteiger partial charge in [-0.3, -0.25) is 0 Å². The van der Waals surface area contributed by atoms with E-state index in [1.807, 2.05) is 12.1 Å². The quantitative estimate of drug-likeness (QED) is 0.773. The Bertz CT molecular complexity index is 720. The summed E-state index contributed by atoms with van der Waals surface area (Å²) in [6.45, 7) is 2.23. The van der Waals surface area contributed by atoms with Crippen molar-refractivity contribution in [1.82, 2.24) is 4.57 Å². The summed E-state index contributed by atoms with van der Waals surface area (Å²) in [5.74, 6) is 0. The van der Waals surface area contributed by atoms with Crippen LogP contribution in [0.15, 0.2) is 40.9 Å². The highest BCUT2D eigenvalue weighted by Gasteiger charge is 2.13. The van der Waals surface area contributed by atoms with E-state index in [1.165, 1.54) is 10.9 Å². The fourth-order valence-corrected chi connectivity index (χ4v) is 3.02. The van der Waals surface area contributed by atoms with Crippen molar-refractivity contribution < 1.29 is 10.2 Å². The van der Waals surface area contributed by atoms with E-state index >= 15 is 0 Å². The summed E-state index contributed by atoms with van der Waals surface area (Å²) < 4.78 is 3.10. The van der Waals surface area contributed by atoms with Gasteiger partial charge >= 0.3 is 0 Å². The van der Waals surface area contributed by atoms with Crippen molar-refractivity contribution in [2.75, 3.05) is 6.61 Å². The Kier molecular flexibility index (Phi) is 3.54. The van der Waals surface area contributed by atoms with E-state index in [9.17, 15) is 5.11 Å². The third-order valence-corrected chi connectivity index (χ3v) is 4.08. The molecule has 2 N–H and O–H groups in total. The standard InChI is InChI=1S/C16H16BrNO2/c1-10-2-4-15-13(6-10)14-7-11(17)3-5-16(14)18(15)8-12(20)9-19/h2-7,12,19-20H,8-9H2,1H3. The van der Waals surface area contributed by atoms with Crippen molar-refractivity contribution in [3.63, 3.8) is 0 Å². The van der Waals surface area contributed by atoms with Crippen LogP contribution in [0.3, 0.4) is 0 Å². The predicted molar refractivity (Wildman–Crippen MR) is 85.0 cm³/mol. The Morgan fingerprint density at radius 1 is 1.10 bits per heavy atom. The first kappa shape index (κ1) is 13.6. The van der Waals surface area contributed by atoms with Gasteiger partial charge in [-0.1, -0.05) is 27.6 Å². The Labute approximate surface area is 125 Å². The number of hydrogen-bond donors (Lipinski definition) is 2. The highest BCUT2D eigenvalue weighted by Crippen LogP contribution is 2.32. The van der Waals surface area contributed by atoms with Crippen LogP contribution < -0.4 is 0 Å². The molecule has 0 saturated carbocycles. The summed E-state index contributed by atoms with van der Waals surface area (Å²) in [5.41, 5.74) is 3.36. The van der Waals surface area contributed by atoms with Gasteiger partial charge in [0, 0.05) is 26.3 Å². The Balaban J connectivity index is 2.34. The number of aliphatic hydroxyl groups excluding tert-OH is 2. The molecule has 3 nitrogen and oxygen atoms in total. The number of fused-ring (bicyclic) bond motifs is 3. The van der Waals surface area contributed by atoms with Crippen LogP contribution in [0, 0.1) is 6.92 Å². The average Bonchev–Trinajstić information content (AvgIpc) is 2.72. The number of rotatable bonds is 3. The first-order chi connectivity index (χ1) is 9.60. The van der Waals surface area contributed by atoms with E-state index in [4.69, 9.17) is 5.11 Å². The summed E-state index contributed by atoms with van der Waals surface area (Å²) in [4.78, 5) is 0. The lowest BCUT2D eigenvalue weighted by Crippen LogP contribution is -2.19. The average molecular weight is 334 g/mol. The molecule has 1 aromatic heterocycles. The minimum absolute atomic E-state index is 0.233. The number of aromatic nitrogens is 1. The van der Waals surface area contributed by atoms with Crippen LogP contribution in [0.5, 0.6) is 0 Å². The molecule has 0 bridgehead atoms. The second-order valence-electron chi connectivity index (χ2n) is 5.13. The number of nitrogens with zero attached hydrogens (tertiary/aromatic N) is 1. The van der Waals surface area contributed by atoms with Crippen molar-refractivity contribution in [3.05, 3.63) is 46.4 Å². The van der Waals surface area contributed by atoms with Crippen molar-refractivity contribution >= 4 is 37.7 Å². The molecule has 1 unspecified atom stereocenters. The molecule has 3 rings (SSSR count). The molecule has 4 heteroatoms.